The fraction of sp³-hybridized carbons (Fsp3) is 0.533. The Morgan fingerprint density at radius 2 is 2.37 bits per heavy atom. The molecule has 1 aromatic carbocycles. The fourth-order valence-corrected chi connectivity index (χ4v) is 3.88. The van der Waals surface area contributed by atoms with Crippen LogP contribution in [-0.4, -0.2) is 23.9 Å². The third-order valence-corrected chi connectivity index (χ3v) is 5.04. The van der Waals surface area contributed by atoms with Crippen LogP contribution in [0.3, 0.4) is 0 Å². The summed E-state index contributed by atoms with van der Waals surface area (Å²) in [5.74, 6) is 0.704. The Hall–Kier alpha value is -1.00. The molecule has 1 aromatic rings. The van der Waals surface area contributed by atoms with Gasteiger partial charge in [0.15, 0.2) is 0 Å². The summed E-state index contributed by atoms with van der Waals surface area (Å²) in [5, 5.41) is 0.449. The number of benzene rings is 1. The van der Waals surface area contributed by atoms with Crippen LogP contribution in [0.25, 0.3) is 0 Å². The minimum atomic E-state index is -0.765. The van der Waals surface area contributed by atoms with Crippen molar-refractivity contribution in [2.75, 3.05) is 7.11 Å². The zero-order valence-corrected chi connectivity index (χ0v) is 12.3. The predicted molar refractivity (Wildman–Crippen MR) is 79.0 cm³/mol. The zero-order chi connectivity index (χ0) is 13.9. The Kier molecular flexibility index (Phi) is 4.53. The lowest BCUT2D eigenvalue weighted by Crippen LogP contribution is -2.46. The molecule has 0 saturated heterocycles. The van der Waals surface area contributed by atoms with Crippen LogP contribution in [-0.2, 0) is 15.3 Å². The molecule has 2 N–H and O–H groups in total. The highest BCUT2D eigenvalue weighted by molar-refractivity contribution is 7.99. The lowest BCUT2D eigenvalue weighted by molar-refractivity contribution is -0.146. The number of esters is 1. The van der Waals surface area contributed by atoms with Gasteiger partial charge in [-0.25, -0.2) is 0 Å². The maximum atomic E-state index is 11.6. The Balaban J connectivity index is 1.87. The van der Waals surface area contributed by atoms with Crippen LogP contribution in [0.15, 0.2) is 24.3 Å². The van der Waals surface area contributed by atoms with Crippen molar-refractivity contribution in [3.63, 3.8) is 0 Å². The number of methoxy groups -OCH3 is 1. The molecule has 0 aromatic heterocycles. The minimum absolute atomic E-state index is 0.272. The van der Waals surface area contributed by atoms with Crippen LogP contribution in [0.5, 0.6) is 0 Å². The van der Waals surface area contributed by atoms with Gasteiger partial charge in [-0.1, -0.05) is 29.8 Å². The van der Waals surface area contributed by atoms with Gasteiger partial charge < -0.3 is 10.5 Å². The van der Waals surface area contributed by atoms with E-state index in [1.807, 2.05) is 11.8 Å². The van der Waals surface area contributed by atoms with E-state index in [-0.39, 0.29) is 5.97 Å². The van der Waals surface area contributed by atoms with Crippen molar-refractivity contribution in [2.45, 2.75) is 42.7 Å². The molecule has 19 heavy (non-hydrogen) atoms. The van der Waals surface area contributed by atoms with Crippen LogP contribution in [0.2, 0.25) is 0 Å². The standard InChI is InChI=1S/C15H21NO2S/c1-11-4-3-5-12(8-11)10-19-13-6-7-15(16,9-13)14(17)18-2/h3-5,8,13H,6-7,9-10,16H2,1-2H3. The van der Waals surface area contributed by atoms with Gasteiger partial charge in [0, 0.05) is 11.0 Å². The van der Waals surface area contributed by atoms with E-state index >= 15 is 0 Å². The SMILES string of the molecule is COC(=O)C1(N)CCC(SCc2cccc(C)c2)C1. The van der Waals surface area contributed by atoms with E-state index in [1.54, 1.807) is 0 Å². The molecular formula is C15H21NO2S. The quantitative estimate of drug-likeness (QED) is 0.861. The summed E-state index contributed by atoms with van der Waals surface area (Å²) < 4.78 is 4.79. The van der Waals surface area contributed by atoms with E-state index in [9.17, 15) is 4.79 Å². The molecule has 0 aliphatic heterocycles. The second-order valence-corrected chi connectivity index (χ2v) is 6.60. The summed E-state index contributed by atoms with van der Waals surface area (Å²) in [4.78, 5) is 11.6. The van der Waals surface area contributed by atoms with Crippen LogP contribution >= 0.6 is 11.8 Å². The summed E-state index contributed by atoms with van der Waals surface area (Å²) in [6, 6.07) is 8.54. The Labute approximate surface area is 118 Å². The second kappa shape index (κ2) is 5.97. The summed E-state index contributed by atoms with van der Waals surface area (Å²) in [6.07, 6.45) is 2.43. The maximum Gasteiger partial charge on any atom is 0.325 e. The first kappa shape index (κ1) is 14.4. The number of carbonyl (C=O) groups is 1. The second-order valence-electron chi connectivity index (χ2n) is 5.31. The number of nitrogens with two attached hydrogens (primary N) is 1. The van der Waals surface area contributed by atoms with Crippen molar-refractivity contribution in [3.8, 4) is 0 Å². The first-order chi connectivity index (χ1) is 9.03. The van der Waals surface area contributed by atoms with E-state index in [0.29, 0.717) is 5.25 Å². The number of aryl methyl sites for hydroxylation is 1. The van der Waals surface area contributed by atoms with Crippen molar-refractivity contribution in [1.29, 1.82) is 0 Å². The van der Waals surface area contributed by atoms with Gasteiger partial charge in [0.25, 0.3) is 0 Å². The first-order valence-electron chi connectivity index (χ1n) is 6.58. The van der Waals surface area contributed by atoms with Crippen molar-refractivity contribution in [1.82, 2.24) is 0 Å². The summed E-state index contributed by atoms with van der Waals surface area (Å²) in [7, 11) is 1.41. The summed E-state index contributed by atoms with van der Waals surface area (Å²) in [5.41, 5.74) is 7.96. The molecule has 0 heterocycles. The molecule has 0 spiro atoms. The highest BCUT2D eigenvalue weighted by atomic mass is 32.2. The van der Waals surface area contributed by atoms with Crippen molar-refractivity contribution in [2.24, 2.45) is 5.73 Å². The van der Waals surface area contributed by atoms with E-state index in [0.717, 1.165) is 25.0 Å². The Morgan fingerprint density at radius 1 is 1.58 bits per heavy atom. The Bertz CT molecular complexity index is 463. The summed E-state index contributed by atoms with van der Waals surface area (Å²) >= 11 is 1.89. The van der Waals surface area contributed by atoms with E-state index in [4.69, 9.17) is 10.5 Å². The highest BCUT2D eigenvalue weighted by Gasteiger charge is 2.42. The van der Waals surface area contributed by atoms with Crippen molar-refractivity contribution in [3.05, 3.63) is 35.4 Å². The molecule has 104 valence electrons. The third-order valence-electron chi connectivity index (χ3n) is 3.66. The monoisotopic (exact) mass is 279 g/mol. The number of ether oxygens (including phenoxy) is 1. The highest BCUT2D eigenvalue weighted by Crippen LogP contribution is 2.37. The van der Waals surface area contributed by atoms with Gasteiger partial charge in [-0.2, -0.15) is 11.8 Å². The van der Waals surface area contributed by atoms with Crippen molar-refractivity contribution < 1.29 is 9.53 Å². The number of thioether (sulfide) groups is 1. The van der Waals surface area contributed by atoms with Crippen LogP contribution in [0.1, 0.15) is 30.4 Å². The van der Waals surface area contributed by atoms with Gasteiger partial charge in [-0.05, 0) is 31.7 Å². The fourth-order valence-electron chi connectivity index (χ4n) is 2.58. The smallest absolute Gasteiger partial charge is 0.325 e. The molecule has 2 atom stereocenters. The predicted octanol–water partition coefficient (Wildman–Crippen LogP) is 2.65. The van der Waals surface area contributed by atoms with E-state index in [1.165, 1.54) is 18.2 Å². The number of rotatable bonds is 4. The molecule has 1 aliphatic carbocycles. The normalized spacial score (nSPS) is 26.4. The molecule has 2 rings (SSSR count). The molecule has 3 nitrogen and oxygen atoms in total. The number of carbonyl (C=O) groups excluding carboxylic acids is 1. The largest absolute Gasteiger partial charge is 0.468 e. The first-order valence-corrected chi connectivity index (χ1v) is 7.63. The molecule has 2 unspecified atom stereocenters. The molecule has 1 aliphatic rings. The van der Waals surface area contributed by atoms with Gasteiger partial charge in [0.2, 0.25) is 0 Å². The van der Waals surface area contributed by atoms with Gasteiger partial charge in [-0.15, -0.1) is 0 Å². The number of hydrogen-bond acceptors (Lipinski definition) is 4. The molecule has 1 fully saturated rings. The van der Waals surface area contributed by atoms with Crippen LogP contribution in [0, 0.1) is 6.92 Å². The van der Waals surface area contributed by atoms with Gasteiger partial charge in [0.05, 0.1) is 7.11 Å². The molecule has 4 heteroatoms. The zero-order valence-electron chi connectivity index (χ0n) is 11.5. The average Bonchev–Trinajstić information content (AvgIpc) is 2.79. The molecule has 1 saturated carbocycles. The molecular weight excluding hydrogens is 258 g/mol. The topological polar surface area (TPSA) is 52.3 Å². The lowest BCUT2D eigenvalue weighted by atomic mass is 10.00. The molecule has 0 bridgehead atoms. The van der Waals surface area contributed by atoms with Crippen molar-refractivity contribution >= 4 is 17.7 Å². The van der Waals surface area contributed by atoms with Gasteiger partial charge >= 0.3 is 5.97 Å². The van der Waals surface area contributed by atoms with Crippen LogP contribution in [0.4, 0.5) is 0 Å². The molecule has 0 radical (unpaired) electrons. The number of hydrogen-bond donors (Lipinski definition) is 1. The molecule has 0 amide bonds. The van der Waals surface area contributed by atoms with E-state index < -0.39 is 5.54 Å². The summed E-state index contributed by atoms with van der Waals surface area (Å²) in [6.45, 7) is 2.10. The third kappa shape index (κ3) is 3.51. The van der Waals surface area contributed by atoms with Gasteiger partial charge in [0.1, 0.15) is 5.54 Å². The van der Waals surface area contributed by atoms with E-state index in [2.05, 4.69) is 31.2 Å². The maximum absolute atomic E-state index is 11.6. The minimum Gasteiger partial charge on any atom is -0.468 e. The van der Waals surface area contributed by atoms with Crippen LogP contribution < -0.4 is 5.73 Å². The Morgan fingerprint density at radius 3 is 3.05 bits per heavy atom. The van der Waals surface area contributed by atoms with Gasteiger partial charge in [-0.3, -0.25) is 4.79 Å². The average molecular weight is 279 g/mol. The lowest BCUT2D eigenvalue weighted by Gasteiger charge is -2.20.